The van der Waals surface area contributed by atoms with Gasteiger partial charge in [0, 0.05) is 37.3 Å². The van der Waals surface area contributed by atoms with Crippen molar-refractivity contribution in [3.63, 3.8) is 0 Å². The monoisotopic (exact) mass is 446 g/mol. The zero-order valence-electron chi connectivity index (χ0n) is 18.5. The van der Waals surface area contributed by atoms with Gasteiger partial charge in [0.25, 0.3) is 5.56 Å². The predicted octanol–water partition coefficient (Wildman–Crippen LogP) is 2.31. The standard InChI is InChI=1S/C22H34N6O2S/c1-2-7-18-16-19(29)28-21(24-18)31-22(25-28)27-14-8-17(9-15-27)20(30)23-10-6-13-26-11-4-3-5-12-26/h16-17H,2-15H2,1H3,(H,23,30). The van der Waals surface area contributed by atoms with E-state index in [1.54, 1.807) is 6.07 Å². The molecular formula is C22H34N6O2S. The van der Waals surface area contributed by atoms with E-state index in [1.165, 1.54) is 48.2 Å². The molecule has 1 N–H and O–H groups in total. The summed E-state index contributed by atoms with van der Waals surface area (Å²) in [5, 5.41) is 8.45. The lowest BCUT2D eigenvalue weighted by Crippen LogP contribution is -2.41. The third-order valence-electron chi connectivity index (χ3n) is 6.33. The molecule has 31 heavy (non-hydrogen) atoms. The Morgan fingerprint density at radius 1 is 1.19 bits per heavy atom. The maximum Gasteiger partial charge on any atom is 0.275 e. The number of fused-ring (bicyclic) bond motifs is 1. The molecule has 170 valence electrons. The van der Waals surface area contributed by atoms with Gasteiger partial charge in [-0.3, -0.25) is 9.59 Å². The Hall–Kier alpha value is -2.00. The molecule has 0 radical (unpaired) electrons. The lowest BCUT2D eigenvalue weighted by atomic mass is 9.96. The van der Waals surface area contributed by atoms with Gasteiger partial charge in [0.05, 0.1) is 0 Å². The fraction of sp³-hybridized carbons (Fsp3) is 0.727. The van der Waals surface area contributed by atoms with E-state index in [0.717, 1.165) is 69.1 Å². The Bertz CT molecular complexity index is 928. The molecule has 0 bridgehead atoms. The molecule has 2 aliphatic heterocycles. The minimum atomic E-state index is -0.116. The molecule has 2 fully saturated rings. The first kappa shape index (κ1) is 22.2. The van der Waals surface area contributed by atoms with E-state index >= 15 is 0 Å². The van der Waals surface area contributed by atoms with Crippen LogP contribution in [-0.2, 0) is 11.2 Å². The van der Waals surface area contributed by atoms with Crippen LogP contribution in [-0.4, -0.2) is 64.7 Å². The van der Waals surface area contributed by atoms with E-state index in [1.807, 2.05) is 0 Å². The van der Waals surface area contributed by atoms with Crippen molar-refractivity contribution >= 4 is 27.3 Å². The average molecular weight is 447 g/mol. The number of piperidine rings is 2. The van der Waals surface area contributed by atoms with Gasteiger partial charge in [-0.25, -0.2) is 4.98 Å². The van der Waals surface area contributed by atoms with E-state index < -0.39 is 0 Å². The van der Waals surface area contributed by atoms with Crippen LogP contribution in [0.25, 0.3) is 4.96 Å². The summed E-state index contributed by atoms with van der Waals surface area (Å²) < 4.78 is 1.40. The van der Waals surface area contributed by atoms with Crippen molar-refractivity contribution < 1.29 is 4.79 Å². The number of nitrogens with one attached hydrogen (secondary N) is 1. The van der Waals surface area contributed by atoms with Crippen LogP contribution in [0.1, 0.15) is 57.6 Å². The lowest BCUT2D eigenvalue weighted by Gasteiger charge is -2.30. The highest BCUT2D eigenvalue weighted by Crippen LogP contribution is 2.27. The molecule has 0 aliphatic carbocycles. The van der Waals surface area contributed by atoms with Crippen LogP contribution in [0.3, 0.4) is 0 Å². The summed E-state index contributed by atoms with van der Waals surface area (Å²) in [5.74, 6) is 0.252. The largest absolute Gasteiger partial charge is 0.356 e. The van der Waals surface area contributed by atoms with Gasteiger partial charge in [-0.1, -0.05) is 31.1 Å². The van der Waals surface area contributed by atoms with Crippen LogP contribution in [0, 0.1) is 5.92 Å². The fourth-order valence-electron chi connectivity index (χ4n) is 4.53. The number of anilines is 1. The van der Waals surface area contributed by atoms with Crippen LogP contribution in [0.15, 0.2) is 10.9 Å². The third-order valence-corrected chi connectivity index (χ3v) is 7.30. The van der Waals surface area contributed by atoms with Gasteiger partial charge < -0.3 is 15.1 Å². The van der Waals surface area contributed by atoms with Gasteiger partial charge in [-0.2, -0.15) is 4.52 Å². The summed E-state index contributed by atoms with van der Waals surface area (Å²) in [6.07, 6.45) is 8.40. The Labute approximate surface area is 187 Å². The molecule has 0 aromatic carbocycles. The molecule has 8 nitrogen and oxygen atoms in total. The second-order valence-electron chi connectivity index (χ2n) is 8.72. The van der Waals surface area contributed by atoms with Crippen molar-refractivity contribution in [2.45, 2.75) is 58.3 Å². The molecule has 1 amide bonds. The van der Waals surface area contributed by atoms with Crippen LogP contribution >= 0.6 is 11.3 Å². The number of hydrogen-bond donors (Lipinski definition) is 1. The maximum absolute atomic E-state index is 12.6. The fourth-order valence-corrected chi connectivity index (χ4v) is 5.51. The van der Waals surface area contributed by atoms with Crippen LogP contribution < -0.4 is 15.8 Å². The van der Waals surface area contributed by atoms with E-state index in [9.17, 15) is 9.59 Å². The van der Waals surface area contributed by atoms with Crippen molar-refractivity contribution in [1.29, 1.82) is 0 Å². The van der Waals surface area contributed by atoms with Gasteiger partial charge in [0.15, 0.2) is 0 Å². The van der Waals surface area contributed by atoms with Gasteiger partial charge in [-0.15, -0.1) is 5.10 Å². The van der Waals surface area contributed by atoms with E-state index in [2.05, 4.69) is 32.1 Å². The predicted molar refractivity (Wildman–Crippen MR) is 124 cm³/mol. The Morgan fingerprint density at radius 3 is 2.71 bits per heavy atom. The minimum absolute atomic E-state index is 0.0672. The first-order chi connectivity index (χ1) is 15.1. The molecule has 0 spiro atoms. The van der Waals surface area contributed by atoms with Crippen molar-refractivity contribution in [3.05, 3.63) is 22.1 Å². The summed E-state index contributed by atoms with van der Waals surface area (Å²) in [4.78, 5) is 34.8. The SMILES string of the molecule is CCCc1cc(=O)n2nc(N3CCC(C(=O)NCCCN4CCCCC4)CC3)sc2n1. The molecule has 2 aromatic heterocycles. The van der Waals surface area contributed by atoms with Gasteiger partial charge >= 0.3 is 0 Å². The molecule has 4 heterocycles. The number of rotatable bonds is 8. The third kappa shape index (κ3) is 5.63. The first-order valence-electron chi connectivity index (χ1n) is 11.8. The molecule has 0 atom stereocenters. The molecular weight excluding hydrogens is 412 g/mol. The van der Waals surface area contributed by atoms with E-state index in [0.29, 0.717) is 4.96 Å². The summed E-state index contributed by atoms with van der Waals surface area (Å²) in [5.41, 5.74) is 0.716. The van der Waals surface area contributed by atoms with Crippen LogP contribution in [0.5, 0.6) is 0 Å². The molecule has 2 aromatic rings. The summed E-state index contributed by atoms with van der Waals surface area (Å²) in [6.45, 7) is 7.91. The minimum Gasteiger partial charge on any atom is -0.356 e. The Balaban J connectivity index is 1.25. The highest BCUT2D eigenvalue weighted by molar-refractivity contribution is 7.20. The summed E-state index contributed by atoms with van der Waals surface area (Å²) in [6, 6.07) is 1.59. The van der Waals surface area contributed by atoms with Gasteiger partial charge in [-0.05, 0) is 58.2 Å². The van der Waals surface area contributed by atoms with E-state index in [-0.39, 0.29) is 17.4 Å². The first-order valence-corrected chi connectivity index (χ1v) is 12.6. The molecule has 2 saturated heterocycles. The molecule has 9 heteroatoms. The molecule has 2 aliphatic rings. The smallest absolute Gasteiger partial charge is 0.275 e. The number of carbonyl (C=O) groups is 1. The lowest BCUT2D eigenvalue weighted by molar-refractivity contribution is -0.125. The van der Waals surface area contributed by atoms with Gasteiger partial charge in [0.1, 0.15) is 0 Å². The molecule has 0 saturated carbocycles. The van der Waals surface area contributed by atoms with Crippen molar-refractivity contribution in [2.75, 3.05) is 44.2 Å². The number of amides is 1. The zero-order chi connectivity index (χ0) is 21.6. The summed E-state index contributed by atoms with van der Waals surface area (Å²) >= 11 is 1.46. The van der Waals surface area contributed by atoms with E-state index in [4.69, 9.17) is 0 Å². The molecule has 4 rings (SSSR count). The number of hydrogen-bond acceptors (Lipinski definition) is 7. The molecule has 0 unspecified atom stereocenters. The van der Waals surface area contributed by atoms with Crippen molar-refractivity contribution in [3.8, 4) is 0 Å². The van der Waals surface area contributed by atoms with Crippen molar-refractivity contribution in [2.24, 2.45) is 5.92 Å². The quantitative estimate of drug-likeness (QED) is 0.627. The van der Waals surface area contributed by atoms with Crippen molar-refractivity contribution in [1.82, 2.24) is 24.8 Å². The zero-order valence-corrected chi connectivity index (χ0v) is 19.3. The number of nitrogens with zero attached hydrogens (tertiary/aromatic N) is 5. The second-order valence-corrected chi connectivity index (χ2v) is 9.66. The Kier molecular flexibility index (Phi) is 7.55. The normalized spacial score (nSPS) is 18.5. The Morgan fingerprint density at radius 2 is 1.97 bits per heavy atom. The number of likely N-dealkylation sites (tertiary alicyclic amines) is 1. The highest BCUT2D eigenvalue weighted by atomic mass is 32.1. The number of aromatic nitrogens is 3. The number of aryl methyl sites for hydroxylation is 1. The second kappa shape index (κ2) is 10.5. The van der Waals surface area contributed by atoms with Crippen LogP contribution in [0.4, 0.5) is 5.13 Å². The maximum atomic E-state index is 12.6. The highest BCUT2D eigenvalue weighted by Gasteiger charge is 2.26. The van der Waals surface area contributed by atoms with Crippen LogP contribution in [0.2, 0.25) is 0 Å². The average Bonchev–Trinajstić information content (AvgIpc) is 3.22. The van der Waals surface area contributed by atoms with Gasteiger partial charge in [0.2, 0.25) is 16.0 Å². The topological polar surface area (TPSA) is 82.8 Å². The number of carbonyl (C=O) groups excluding carboxylic acids is 1. The summed E-state index contributed by atoms with van der Waals surface area (Å²) in [7, 11) is 0.